The Balaban J connectivity index is 1.94. The average molecular weight is 459 g/mol. The van der Waals surface area contributed by atoms with E-state index >= 15 is 0 Å². The molecule has 0 saturated carbocycles. The van der Waals surface area contributed by atoms with Crippen LogP contribution in [0.1, 0.15) is 15.9 Å². The molecule has 0 radical (unpaired) electrons. The Hall–Kier alpha value is -2.64. The molecule has 5 nitrogen and oxygen atoms in total. The van der Waals surface area contributed by atoms with Gasteiger partial charge in [-0.2, -0.15) is 0 Å². The van der Waals surface area contributed by atoms with Crippen molar-refractivity contribution >= 4 is 43.2 Å². The first kappa shape index (κ1) is 20.1. The molecule has 3 rings (SSSR count). The molecule has 7 heteroatoms. The second-order valence-electron chi connectivity index (χ2n) is 6.22. The van der Waals surface area contributed by atoms with Crippen LogP contribution in [0.15, 0.2) is 82.2 Å². The Bertz CT molecular complexity index is 1120. The Morgan fingerprint density at radius 2 is 1.61 bits per heavy atom. The molecule has 3 aromatic carbocycles. The number of nitrogens with one attached hydrogen (secondary N) is 1. The van der Waals surface area contributed by atoms with Gasteiger partial charge in [-0.3, -0.25) is 9.10 Å². The fourth-order valence-electron chi connectivity index (χ4n) is 2.74. The molecule has 0 aromatic heterocycles. The number of anilines is 2. The Kier molecular flexibility index (Phi) is 5.86. The fourth-order valence-corrected chi connectivity index (χ4v) is 4.22. The maximum atomic E-state index is 12.9. The third kappa shape index (κ3) is 4.10. The first-order valence-electron chi connectivity index (χ1n) is 8.51. The summed E-state index contributed by atoms with van der Waals surface area (Å²) in [5.41, 5.74) is 2.19. The minimum absolute atomic E-state index is 0.163. The molecule has 1 amide bonds. The highest BCUT2D eigenvalue weighted by Gasteiger charge is 2.24. The van der Waals surface area contributed by atoms with Crippen LogP contribution < -0.4 is 9.62 Å². The van der Waals surface area contributed by atoms with Gasteiger partial charge in [-0.1, -0.05) is 46.3 Å². The number of carbonyl (C=O) groups is 1. The van der Waals surface area contributed by atoms with Crippen LogP contribution in [0.4, 0.5) is 11.4 Å². The van der Waals surface area contributed by atoms with Crippen molar-refractivity contribution in [3.8, 4) is 0 Å². The van der Waals surface area contributed by atoms with Crippen LogP contribution in [-0.2, 0) is 10.0 Å². The number of rotatable bonds is 5. The second-order valence-corrected chi connectivity index (χ2v) is 9.04. The van der Waals surface area contributed by atoms with Gasteiger partial charge in [0.25, 0.3) is 15.9 Å². The number of hydrogen-bond acceptors (Lipinski definition) is 3. The topological polar surface area (TPSA) is 66.5 Å². The standard InChI is InChI=1S/C21H19BrN2O3S/c1-15-14-16(12-13-19(15)22)23-21(25)18-10-6-7-11-20(18)24(2)28(26,27)17-8-4-3-5-9-17/h3-14H,1-2H3,(H,23,25). The van der Waals surface area contributed by atoms with Crippen LogP contribution in [0.3, 0.4) is 0 Å². The summed E-state index contributed by atoms with van der Waals surface area (Å²) in [4.78, 5) is 13.0. The summed E-state index contributed by atoms with van der Waals surface area (Å²) in [7, 11) is -2.34. The molecule has 0 spiro atoms. The van der Waals surface area contributed by atoms with E-state index in [1.807, 2.05) is 19.1 Å². The summed E-state index contributed by atoms with van der Waals surface area (Å²) in [6.07, 6.45) is 0. The lowest BCUT2D eigenvalue weighted by atomic mass is 10.1. The predicted molar refractivity (Wildman–Crippen MR) is 115 cm³/mol. The molecule has 0 atom stereocenters. The Morgan fingerprint density at radius 3 is 2.29 bits per heavy atom. The predicted octanol–water partition coefficient (Wildman–Crippen LogP) is 4.83. The van der Waals surface area contributed by atoms with Crippen molar-refractivity contribution in [1.82, 2.24) is 0 Å². The van der Waals surface area contributed by atoms with Gasteiger partial charge in [0.1, 0.15) is 0 Å². The number of nitrogens with zero attached hydrogens (tertiary/aromatic N) is 1. The van der Waals surface area contributed by atoms with Gasteiger partial charge in [0.2, 0.25) is 0 Å². The SMILES string of the molecule is Cc1cc(NC(=O)c2ccccc2N(C)S(=O)(=O)c2ccccc2)ccc1Br. The highest BCUT2D eigenvalue weighted by Crippen LogP contribution is 2.27. The number of sulfonamides is 1. The molecule has 3 aromatic rings. The van der Waals surface area contributed by atoms with Crippen molar-refractivity contribution in [2.75, 3.05) is 16.7 Å². The van der Waals surface area contributed by atoms with E-state index in [2.05, 4.69) is 21.2 Å². The minimum atomic E-state index is -3.79. The van der Waals surface area contributed by atoms with Crippen LogP contribution in [-0.4, -0.2) is 21.4 Å². The van der Waals surface area contributed by atoms with E-state index in [1.165, 1.54) is 19.2 Å². The van der Waals surface area contributed by atoms with Gasteiger partial charge in [0.15, 0.2) is 0 Å². The van der Waals surface area contributed by atoms with Gasteiger partial charge < -0.3 is 5.32 Å². The Morgan fingerprint density at radius 1 is 0.964 bits per heavy atom. The maximum Gasteiger partial charge on any atom is 0.264 e. The molecular weight excluding hydrogens is 440 g/mol. The third-order valence-electron chi connectivity index (χ3n) is 4.31. The van der Waals surface area contributed by atoms with Crippen molar-refractivity contribution in [2.45, 2.75) is 11.8 Å². The molecule has 28 heavy (non-hydrogen) atoms. The van der Waals surface area contributed by atoms with Crippen molar-refractivity contribution in [3.05, 3.63) is 88.4 Å². The first-order chi connectivity index (χ1) is 13.3. The molecular formula is C21H19BrN2O3S. The largest absolute Gasteiger partial charge is 0.322 e. The number of amides is 1. The first-order valence-corrected chi connectivity index (χ1v) is 10.7. The second kappa shape index (κ2) is 8.16. The van der Waals surface area contributed by atoms with E-state index in [1.54, 1.807) is 48.5 Å². The zero-order valence-electron chi connectivity index (χ0n) is 15.4. The summed E-state index contributed by atoms with van der Waals surface area (Å²) in [5.74, 6) is -0.382. The van der Waals surface area contributed by atoms with E-state index in [4.69, 9.17) is 0 Å². The summed E-state index contributed by atoms with van der Waals surface area (Å²) in [6.45, 7) is 1.92. The van der Waals surface area contributed by atoms with Crippen molar-refractivity contribution < 1.29 is 13.2 Å². The van der Waals surface area contributed by atoms with E-state index < -0.39 is 10.0 Å². The maximum absolute atomic E-state index is 12.9. The lowest BCUT2D eigenvalue weighted by Gasteiger charge is -2.22. The molecule has 0 unspecified atom stereocenters. The molecule has 0 heterocycles. The molecule has 0 aliphatic heterocycles. The van der Waals surface area contributed by atoms with Crippen molar-refractivity contribution in [3.63, 3.8) is 0 Å². The number of halogens is 1. The average Bonchev–Trinajstić information content (AvgIpc) is 2.70. The zero-order valence-corrected chi connectivity index (χ0v) is 17.8. The van der Waals surface area contributed by atoms with Gasteiger partial charge in [-0.25, -0.2) is 8.42 Å². The zero-order chi connectivity index (χ0) is 20.3. The summed E-state index contributed by atoms with van der Waals surface area (Å²) >= 11 is 3.43. The van der Waals surface area contributed by atoms with Gasteiger partial charge in [-0.15, -0.1) is 0 Å². The lowest BCUT2D eigenvalue weighted by molar-refractivity contribution is 0.102. The van der Waals surface area contributed by atoms with Crippen LogP contribution >= 0.6 is 15.9 Å². The van der Waals surface area contributed by atoms with Crippen molar-refractivity contribution in [2.24, 2.45) is 0 Å². The number of carbonyl (C=O) groups excluding carboxylic acids is 1. The highest BCUT2D eigenvalue weighted by atomic mass is 79.9. The van der Waals surface area contributed by atoms with Gasteiger partial charge in [0, 0.05) is 17.2 Å². The van der Waals surface area contributed by atoms with Crippen LogP contribution in [0, 0.1) is 6.92 Å². The smallest absolute Gasteiger partial charge is 0.264 e. The number of hydrogen-bond donors (Lipinski definition) is 1. The molecule has 0 aliphatic rings. The molecule has 144 valence electrons. The Labute approximate surface area is 173 Å². The van der Waals surface area contributed by atoms with Gasteiger partial charge in [0.05, 0.1) is 16.1 Å². The molecule has 0 aliphatic carbocycles. The normalized spacial score (nSPS) is 11.1. The van der Waals surface area contributed by atoms with E-state index in [0.29, 0.717) is 11.4 Å². The molecule has 0 saturated heterocycles. The summed E-state index contributed by atoms with van der Waals surface area (Å²) < 4.78 is 27.9. The minimum Gasteiger partial charge on any atom is -0.322 e. The molecule has 0 fully saturated rings. The number of aryl methyl sites for hydroxylation is 1. The van der Waals surface area contributed by atoms with Crippen LogP contribution in [0.2, 0.25) is 0 Å². The van der Waals surface area contributed by atoms with E-state index in [-0.39, 0.29) is 16.4 Å². The van der Waals surface area contributed by atoms with E-state index in [0.717, 1.165) is 14.3 Å². The summed E-state index contributed by atoms with van der Waals surface area (Å²) in [5, 5.41) is 2.83. The number of para-hydroxylation sites is 1. The van der Waals surface area contributed by atoms with E-state index in [9.17, 15) is 13.2 Å². The van der Waals surface area contributed by atoms with Gasteiger partial charge in [-0.05, 0) is 55.0 Å². The van der Waals surface area contributed by atoms with Crippen LogP contribution in [0.5, 0.6) is 0 Å². The summed E-state index contributed by atoms with van der Waals surface area (Å²) in [6, 6.07) is 20.2. The van der Waals surface area contributed by atoms with Crippen molar-refractivity contribution in [1.29, 1.82) is 0 Å². The van der Waals surface area contributed by atoms with Crippen LogP contribution in [0.25, 0.3) is 0 Å². The quantitative estimate of drug-likeness (QED) is 0.594. The molecule has 0 bridgehead atoms. The highest BCUT2D eigenvalue weighted by molar-refractivity contribution is 9.10. The number of benzene rings is 3. The lowest BCUT2D eigenvalue weighted by Crippen LogP contribution is -2.29. The molecule has 1 N–H and O–H groups in total. The van der Waals surface area contributed by atoms with Gasteiger partial charge >= 0.3 is 0 Å². The monoisotopic (exact) mass is 458 g/mol. The third-order valence-corrected chi connectivity index (χ3v) is 6.98. The fraction of sp³-hybridized carbons (Fsp3) is 0.0952.